The molecule has 3 rings (SSSR count). The second-order valence-electron chi connectivity index (χ2n) is 6.29. The Balaban J connectivity index is 1.91. The molecule has 1 N–H and O–H groups in total. The Morgan fingerprint density at radius 3 is 2.47 bits per heavy atom. The molecule has 0 saturated carbocycles. The highest BCUT2D eigenvalue weighted by molar-refractivity contribution is 6.30. The summed E-state index contributed by atoms with van der Waals surface area (Å²) in [7, 11) is 0. The van der Waals surface area contributed by atoms with Crippen molar-refractivity contribution in [2.24, 2.45) is 0 Å². The van der Waals surface area contributed by atoms with Gasteiger partial charge in [-0.15, -0.1) is 0 Å². The number of hydrogen-bond acceptors (Lipinski definition) is 2. The van der Waals surface area contributed by atoms with Gasteiger partial charge in [0.2, 0.25) is 0 Å². The van der Waals surface area contributed by atoms with Gasteiger partial charge in [0.25, 0.3) is 11.5 Å². The third-order valence-corrected chi connectivity index (χ3v) is 4.36. The number of alkyl halides is 3. The first kappa shape index (κ1) is 21.5. The maximum absolute atomic E-state index is 13.7. The summed E-state index contributed by atoms with van der Waals surface area (Å²) in [6.45, 7) is -0.283. The molecule has 0 aliphatic heterocycles. The number of hydrogen-bond donors (Lipinski definition) is 1. The predicted molar refractivity (Wildman–Crippen MR) is 101 cm³/mol. The van der Waals surface area contributed by atoms with Crippen molar-refractivity contribution < 1.29 is 26.7 Å². The summed E-state index contributed by atoms with van der Waals surface area (Å²) >= 11 is 5.87. The molecule has 1 aromatic heterocycles. The standard InChI is InChI=1S/C20H12ClF5N2O2/c21-15-7-12(18(29)27-17-5-4-14(22)8-16(17)23)10-28(19(15)30)9-11-2-1-3-13(6-11)20(24,25)26/h1-8,10H,9H2,(H,27,29). The summed E-state index contributed by atoms with van der Waals surface area (Å²) in [6, 6.07) is 7.93. The molecule has 2 aromatic carbocycles. The number of aromatic nitrogens is 1. The molecule has 1 amide bonds. The highest BCUT2D eigenvalue weighted by Crippen LogP contribution is 2.29. The van der Waals surface area contributed by atoms with E-state index in [0.29, 0.717) is 6.07 Å². The van der Waals surface area contributed by atoms with Crippen LogP contribution in [0, 0.1) is 11.6 Å². The number of halogens is 6. The molecule has 156 valence electrons. The maximum Gasteiger partial charge on any atom is 0.416 e. The van der Waals surface area contributed by atoms with Crippen molar-refractivity contribution in [1.82, 2.24) is 4.57 Å². The number of carbonyl (C=O) groups excluding carboxylic acids is 1. The van der Waals surface area contributed by atoms with Gasteiger partial charge in [-0.25, -0.2) is 8.78 Å². The van der Waals surface area contributed by atoms with Gasteiger partial charge in [-0.05, 0) is 35.9 Å². The number of pyridine rings is 1. The summed E-state index contributed by atoms with van der Waals surface area (Å²) in [4.78, 5) is 24.7. The van der Waals surface area contributed by atoms with E-state index in [9.17, 15) is 31.5 Å². The largest absolute Gasteiger partial charge is 0.416 e. The third-order valence-electron chi connectivity index (χ3n) is 4.09. The molecular formula is C20H12ClF5N2O2. The van der Waals surface area contributed by atoms with Gasteiger partial charge in [-0.1, -0.05) is 23.7 Å². The lowest BCUT2D eigenvalue weighted by Crippen LogP contribution is -2.24. The first-order chi connectivity index (χ1) is 14.0. The van der Waals surface area contributed by atoms with Crippen LogP contribution in [0.4, 0.5) is 27.6 Å². The fraction of sp³-hybridized carbons (Fsp3) is 0.100. The number of benzene rings is 2. The van der Waals surface area contributed by atoms with Gasteiger partial charge in [0.15, 0.2) is 0 Å². The van der Waals surface area contributed by atoms with Crippen LogP contribution in [0.5, 0.6) is 0 Å². The molecule has 0 spiro atoms. The highest BCUT2D eigenvalue weighted by Gasteiger charge is 2.30. The third kappa shape index (κ3) is 4.85. The van der Waals surface area contributed by atoms with E-state index in [2.05, 4.69) is 5.32 Å². The van der Waals surface area contributed by atoms with Crippen molar-refractivity contribution in [2.75, 3.05) is 5.32 Å². The molecular weight excluding hydrogens is 431 g/mol. The number of anilines is 1. The van der Waals surface area contributed by atoms with Crippen LogP contribution in [-0.2, 0) is 12.7 Å². The van der Waals surface area contributed by atoms with Gasteiger partial charge in [-0.2, -0.15) is 13.2 Å². The molecule has 0 fully saturated rings. The van der Waals surface area contributed by atoms with E-state index in [4.69, 9.17) is 11.6 Å². The van der Waals surface area contributed by atoms with Gasteiger partial charge < -0.3 is 9.88 Å². The minimum Gasteiger partial charge on any atom is -0.319 e. The van der Waals surface area contributed by atoms with E-state index >= 15 is 0 Å². The fourth-order valence-electron chi connectivity index (χ4n) is 2.67. The van der Waals surface area contributed by atoms with E-state index in [-0.39, 0.29) is 28.4 Å². The molecule has 0 saturated heterocycles. The maximum atomic E-state index is 13.7. The van der Waals surface area contributed by atoms with Crippen LogP contribution in [0.3, 0.4) is 0 Å². The van der Waals surface area contributed by atoms with Crippen LogP contribution in [0.25, 0.3) is 0 Å². The second kappa shape index (κ2) is 8.27. The van der Waals surface area contributed by atoms with E-state index < -0.39 is 34.8 Å². The predicted octanol–water partition coefficient (Wildman–Crippen LogP) is 5.10. The lowest BCUT2D eigenvalue weighted by Gasteiger charge is -2.12. The summed E-state index contributed by atoms with van der Waals surface area (Å²) < 4.78 is 66.4. The van der Waals surface area contributed by atoms with Gasteiger partial charge in [0, 0.05) is 12.3 Å². The van der Waals surface area contributed by atoms with Crippen LogP contribution < -0.4 is 10.9 Å². The zero-order chi connectivity index (χ0) is 22.1. The molecule has 30 heavy (non-hydrogen) atoms. The molecule has 0 atom stereocenters. The zero-order valence-electron chi connectivity index (χ0n) is 14.9. The Bertz CT molecular complexity index is 1170. The molecule has 0 radical (unpaired) electrons. The first-order valence-electron chi connectivity index (χ1n) is 8.37. The summed E-state index contributed by atoms with van der Waals surface area (Å²) in [6.07, 6.45) is -3.47. The van der Waals surface area contributed by atoms with E-state index in [1.165, 1.54) is 12.1 Å². The van der Waals surface area contributed by atoms with Crippen LogP contribution in [0.2, 0.25) is 5.02 Å². The number of nitrogens with zero attached hydrogens (tertiary/aromatic N) is 1. The topological polar surface area (TPSA) is 51.1 Å². The lowest BCUT2D eigenvalue weighted by molar-refractivity contribution is -0.137. The lowest BCUT2D eigenvalue weighted by atomic mass is 10.1. The number of carbonyl (C=O) groups is 1. The highest BCUT2D eigenvalue weighted by atomic mass is 35.5. The molecule has 4 nitrogen and oxygen atoms in total. The monoisotopic (exact) mass is 442 g/mol. The Labute approximate surface area is 171 Å². The average Bonchev–Trinajstić information content (AvgIpc) is 2.67. The van der Waals surface area contributed by atoms with E-state index in [1.54, 1.807) is 0 Å². The molecule has 0 unspecified atom stereocenters. The van der Waals surface area contributed by atoms with E-state index in [1.807, 2.05) is 0 Å². The Morgan fingerprint density at radius 1 is 1.07 bits per heavy atom. The van der Waals surface area contributed by atoms with Crippen molar-refractivity contribution in [3.63, 3.8) is 0 Å². The quantitative estimate of drug-likeness (QED) is 0.572. The average molecular weight is 443 g/mol. The molecule has 0 aliphatic rings. The van der Waals surface area contributed by atoms with Crippen molar-refractivity contribution in [3.8, 4) is 0 Å². The van der Waals surface area contributed by atoms with Crippen LogP contribution >= 0.6 is 11.6 Å². The molecule has 3 aromatic rings. The molecule has 1 heterocycles. The minimum atomic E-state index is -4.56. The Hall–Kier alpha value is -3.20. The SMILES string of the molecule is O=C(Nc1ccc(F)cc1F)c1cc(Cl)c(=O)n(Cc2cccc(C(F)(F)F)c2)c1. The summed E-state index contributed by atoms with van der Waals surface area (Å²) in [5.41, 5.74) is -1.90. The number of nitrogens with one attached hydrogen (secondary N) is 1. The first-order valence-corrected chi connectivity index (χ1v) is 8.75. The van der Waals surface area contributed by atoms with Crippen molar-refractivity contribution in [2.45, 2.75) is 12.7 Å². The normalized spacial score (nSPS) is 11.4. The zero-order valence-corrected chi connectivity index (χ0v) is 15.7. The van der Waals surface area contributed by atoms with Crippen molar-refractivity contribution in [3.05, 3.63) is 98.4 Å². The number of rotatable bonds is 4. The number of amides is 1. The minimum absolute atomic E-state index is 0.143. The Kier molecular flexibility index (Phi) is 5.93. The molecule has 0 aliphatic carbocycles. The molecule has 10 heteroatoms. The van der Waals surface area contributed by atoms with Gasteiger partial charge >= 0.3 is 6.18 Å². The summed E-state index contributed by atoms with van der Waals surface area (Å²) in [5, 5.41) is 1.86. The van der Waals surface area contributed by atoms with Crippen LogP contribution in [0.15, 0.2) is 59.5 Å². The van der Waals surface area contributed by atoms with Crippen LogP contribution in [-0.4, -0.2) is 10.5 Å². The van der Waals surface area contributed by atoms with Crippen molar-refractivity contribution >= 4 is 23.2 Å². The fourth-order valence-corrected chi connectivity index (χ4v) is 2.90. The van der Waals surface area contributed by atoms with Gasteiger partial charge in [0.05, 0.1) is 23.4 Å². The summed E-state index contributed by atoms with van der Waals surface area (Å²) in [5.74, 6) is -2.69. The molecule has 0 bridgehead atoms. The van der Waals surface area contributed by atoms with Crippen molar-refractivity contribution in [1.29, 1.82) is 0 Å². The second-order valence-corrected chi connectivity index (χ2v) is 6.69. The smallest absolute Gasteiger partial charge is 0.319 e. The van der Waals surface area contributed by atoms with Gasteiger partial charge in [0.1, 0.15) is 16.7 Å². The van der Waals surface area contributed by atoms with Gasteiger partial charge in [-0.3, -0.25) is 9.59 Å². The van der Waals surface area contributed by atoms with Crippen LogP contribution in [0.1, 0.15) is 21.5 Å². The van der Waals surface area contributed by atoms with E-state index in [0.717, 1.165) is 41.1 Å². The Morgan fingerprint density at radius 2 is 1.80 bits per heavy atom.